The van der Waals surface area contributed by atoms with Gasteiger partial charge in [-0.25, -0.2) is 22.5 Å². The van der Waals surface area contributed by atoms with Crippen LogP contribution in [0.3, 0.4) is 0 Å². The lowest BCUT2D eigenvalue weighted by atomic mass is 9.59. The number of carbonyl (C=O) groups excluding carboxylic acids is 1. The first-order valence-electron chi connectivity index (χ1n) is 29.3. The smallest absolute Gasteiger partial charge is 0.293 e. The molecule has 2 saturated carbocycles. The molecule has 3 atom stereocenters. The van der Waals surface area contributed by atoms with E-state index < -0.39 is 55.0 Å². The second-order valence-electron chi connectivity index (χ2n) is 24.4. The number of aromatic amines is 1. The lowest BCUT2D eigenvalue weighted by molar-refractivity contribution is -0.384. The maximum atomic E-state index is 15.4. The summed E-state index contributed by atoms with van der Waals surface area (Å²) in [6, 6.07) is 21.5. The summed E-state index contributed by atoms with van der Waals surface area (Å²) in [7, 11) is -2.99. The van der Waals surface area contributed by atoms with Gasteiger partial charge in [0.05, 0.1) is 65.0 Å². The summed E-state index contributed by atoms with van der Waals surface area (Å²) < 4.78 is 70.0. The zero-order chi connectivity index (χ0) is 58.1. The number of halogens is 1. The van der Waals surface area contributed by atoms with Gasteiger partial charge in [-0.1, -0.05) is 24.3 Å². The molecular weight excluding hydrogens is 1100 g/mol. The normalized spacial score (nSPS) is 24.6. The Bertz CT molecular complexity index is 3590. The van der Waals surface area contributed by atoms with E-state index in [1.165, 1.54) is 29.5 Å². The third-order valence-electron chi connectivity index (χ3n) is 18.7. The third kappa shape index (κ3) is 10.9. The number of hydrogen-bond acceptors (Lipinski definition) is 18. The van der Waals surface area contributed by atoms with Crippen LogP contribution < -0.4 is 34.2 Å². The van der Waals surface area contributed by atoms with E-state index in [0.29, 0.717) is 63.0 Å². The van der Waals surface area contributed by atoms with Gasteiger partial charge in [-0.3, -0.25) is 24.7 Å². The number of piperazine rings is 1. The maximum Gasteiger partial charge on any atom is 0.293 e. The molecule has 1 spiro atoms. The lowest BCUT2D eigenvalue weighted by Crippen LogP contribution is -2.68. The standard InChI is InChI=1S/C61H72FN11O10S/c1-38-6-4-5-7-44(38)53-34-68(33-40-24-54(80-3)57(65-31-40)69-19-22-81-23-20-69)17-18-71(53)42-28-61(29-42)36-70(37-61)41-8-10-45(50(25-41)72-49-14-21-82-35-55(49)83-59-52(72)27-46-47(62)32-64-56(46)66-59)58(74)67-84(78,79)43-9-11-48(51(26-43)73(76)77)63-30-39-12-15-60(2,75)16-13-39/h4-11,24-27,31-32,39,42,49,53,55,63,75H,12-23,28-30,33-37H2,1-3H3,(H,64,66)(H,67,74)/t39?,49-,53-,55-,60?/m0/s1. The van der Waals surface area contributed by atoms with Gasteiger partial charge < -0.3 is 49.1 Å². The molecule has 6 fully saturated rings. The number of nitrogens with zero attached hydrogens (tertiary/aromatic N) is 8. The fourth-order valence-electron chi connectivity index (χ4n) is 14.1. The topological polar surface area (TPSA) is 233 Å². The quantitative estimate of drug-likeness (QED) is 0.0566. The van der Waals surface area contributed by atoms with Crippen molar-refractivity contribution in [2.45, 2.75) is 100 Å². The van der Waals surface area contributed by atoms with E-state index in [1.54, 1.807) is 26.2 Å². The van der Waals surface area contributed by atoms with Gasteiger partial charge in [-0.15, -0.1) is 0 Å². The van der Waals surface area contributed by atoms with Gasteiger partial charge >= 0.3 is 0 Å². The number of morpholine rings is 1. The number of rotatable bonds is 15. The molecule has 6 aromatic rings. The SMILES string of the molecule is COc1cc(CN2CCN(C3CC4(C3)CN(c3ccc(C(=O)NS(=O)(=O)c5ccc(NCC6CCC(C)(O)CC6)c([N+](=O)[O-])c5)c(N5c6cc7c(F)c[nH]c7nc6O[C@H]6COCC[C@@H]65)c3)C4)[C@H](c3ccccc3C)C2)cnc1N1CCOCC1. The van der Waals surface area contributed by atoms with Crippen LogP contribution >= 0.6 is 0 Å². The van der Waals surface area contributed by atoms with Crippen LogP contribution in [-0.4, -0.2) is 159 Å². The van der Waals surface area contributed by atoms with Gasteiger partial charge in [0.2, 0.25) is 5.88 Å². The highest BCUT2D eigenvalue weighted by atomic mass is 32.2. The Labute approximate surface area is 487 Å². The number of amides is 1. The van der Waals surface area contributed by atoms with Gasteiger partial charge in [0, 0.05) is 107 Å². The first kappa shape index (κ1) is 56.0. The molecule has 4 saturated heterocycles. The maximum absolute atomic E-state index is 15.4. The second-order valence-corrected chi connectivity index (χ2v) is 26.1. The number of aliphatic hydroxyl groups is 1. The van der Waals surface area contributed by atoms with Crippen LogP contribution in [-0.2, 0) is 26.0 Å². The van der Waals surface area contributed by atoms with Gasteiger partial charge in [-0.2, -0.15) is 4.98 Å². The van der Waals surface area contributed by atoms with E-state index in [4.69, 9.17) is 23.9 Å². The molecule has 0 unspecified atom stereocenters. The number of nitro groups is 1. The van der Waals surface area contributed by atoms with Crippen molar-refractivity contribution >= 4 is 61.2 Å². The van der Waals surface area contributed by atoms with Crippen molar-refractivity contribution in [3.05, 3.63) is 123 Å². The Morgan fingerprint density at radius 2 is 1.76 bits per heavy atom. The lowest BCUT2D eigenvalue weighted by Gasteiger charge is -2.63. The fraction of sp³-hybridized carbons (Fsp3) is 0.492. The van der Waals surface area contributed by atoms with Crippen LogP contribution in [0.25, 0.3) is 11.0 Å². The monoisotopic (exact) mass is 1170 g/mol. The molecule has 21 nitrogen and oxygen atoms in total. The number of methoxy groups -OCH3 is 1. The number of benzene rings is 3. The van der Waals surface area contributed by atoms with Crippen molar-refractivity contribution in [2.75, 3.05) is 106 Å². The number of nitro benzene ring substituents is 1. The third-order valence-corrected chi connectivity index (χ3v) is 20.1. The summed E-state index contributed by atoms with van der Waals surface area (Å²) in [5.74, 6) is 0.510. The zero-order valence-corrected chi connectivity index (χ0v) is 48.4. The molecule has 5 aliphatic heterocycles. The van der Waals surface area contributed by atoms with Crippen molar-refractivity contribution in [2.24, 2.45) is 11.3 Å². The molecule has 0 radical (unpaired) electrons. The molecule has 4 N–H and O–H groups in total. The molecule has 7 aliphatic rings. The van der Waals surface area contributed by atoms with Crippen LogP contribution in [0.4, 0.5) is 38.6 Å². The average molecular weight is 1170 g/mol. The second kappa shape index (κ2) is 22.4. The summed E-state index contributed by atoms with van der Waals surface area (Å²) in [6.07, 6.45) is 7.87. The highest BCUT2D eigenvalue weighted by Crippen LogP contribution is 2.54. The number of aromatic nitrogens is 3. The van der Waals surface area contributed by atoms with Crippen LogP contribution in [0.1, 0.15) is 85.0 Å². The van der Waals surface area contributed by atoms with E-state index in [0.717, 1.165) is 107 Å². The van der Waals surface area contributed by atoms with Crippen molar-refractivity contribution in [1.82, 2.24) is 29.5 Å². The molecule has 3 aromatic heterocycles. The van der Waals surface area contributed by atoms with Crippen LogP contribution in [0.5, 0.6) is 11.6 Å². The van der Waals surface area contributed by atoms with Crippen molar-refractivity contribution < 1.29 is 46.6 Å². The van der Waals surface area contributed by atoms with Crippen molar-refractivity contribution in [1.29, 1.82) is 0 Å². The van der Waals surface area contributed by atoms with Crippen LogP contribution in [0.15, 0.2) is 90.1 Å². The zero-order valence-electron chi connectivity index (χ0n) is 47.6. The van der Waals surface area contributed by atoms with Gasteiger partial charge in [-0.05, 0) is 124 Å². The van der Waals surface area contributed by atoms with Crippen LogP contribution in [0.2, 0.25) is 0 Å². The molecule has 1 amide bonds. The highest BCUT2D eigenvalue weighted by Gasteiger charge is 2.55. The number of ether oxygens (including phenoxy) is 4. The predicted molar refractivity (Wildman–Crippen MR) is 314 cm³/mol. The number of H-pyrrole nitrogens is 1. The molecule has 0 bridgehead atoms. The first-order valence-corrected chi connectivity index (χ1v) is 30.8. The van der Waals surface area contributed by atoms with E-state index in [1.807, 2.05) is 23.2 Å². The number of anilines is 5. The highest BCUT2D eigenvalue weighted by molar-refractivity contribution is 7.90. The molecule has 2 aliphatic carbocycles. The minimum absolute atomic E-state index is 0.00930. The fourth-order valence-corrected chi connectivity index (χ4v) is 15.1. The summed E-state index contributed by atoms with van der Waals surface area (Å²) in [5.41, 5.74) is 4.60. The van der Waals surface area contributed by atoms with E-state index in [2.05, 4.69) is 76.9 Å². The number of sulfonamides is 1. The molecule has 8 heterocycles. The predicted octanol–water partition coefficient (Wildman–Crippen LogP) is 7.85. The Morgan fingerprint density at radius 1 is 0.964 bits per heavy atom. The average Bonchev–Trinajstić information content (AvgIpc) is 1.45. The number of carbonyl (C=O) groups is 1. The number of aryl methyl sites for hydroxylation is 1. The molecule has 84 heavy (non-hydrogen) atoms. The van der Waals surface area contributed by atoms with E-state index in [9.17, 15) is 28.4 Å². The minimum atomic E-state index is -4.70. The van der Waals surface area contributed by atoms with E-state index in [-0.39, 0.29) is 52.1 Å². The van der Waals surface area contributed by atoms with Gasteiger partial charge in [0.25, 0.3) is 21.6 Å². The number of hydrogen-bond donors (Lipinski definition) is 4. The summed E-state index contributed by atoms with van der Waals surface area (Å²) in [6.45, 7) is 12.9. The molecule has 444 valence electrons. The van der Waals surface area contributed by atoms with Crippen LogP contribution in [0, 0.1) is 34.2 Å². The molecule has 3 aromatic carbocycles. The van der Waals surface area contributed by atoms with Gasteiger partial charge in [0.1, 0.15) is 28.9 Å². The molecule has 13 rings (SSSR count). The molecular formula is C61H72FN11O10S. The van der Waals surface area contributed by atoms with E-state index >= 15 is 4.39 Å². The Balaban J connectivity index is 0.753. The summed E-state index contributed by atoms with van der Waals surface area (Å²) in [5, 5.41) is 26.2. The number of pyridine rings is 2. The number of nitrogens with one attached hydrogen (secondary N) is 3. The first-order chi connectivity index (χ1) is 40.5. The molecule has 23 heteroatoms. The number of fused-ring (bicyclic) bond motifs is 3. The Kier molecular flexibility index (Phi) is 14.9. The Hall–Kier alpha value is -7.15. The van der Waals surface area contributed by atoms with Crippen molar-refractivity contribution in [3.8, 4) is 11.6 Å². The summed E-state index contributed by atoms with van der Waals surface area (Å²) >= 11 is 0. The minimum Gasteiger partial charge on any atom is -0.493 e. The Morgan fingerprint density at radius 3 is 2.54 bits per heavy atom. The summed E-state index contributed by atoms with van der Waals surface area (Å²) in [4.78, 5) is 50.3. The van der Waals surface area contributed by atoms with Gasteiger partial charge in [0.15, 0.2) is 11.6 Å². The largest absolute Gasteiger partial charge is 0.493 e. The van der Waals surface area contributed by atoms with Crippen molar-refractivity contribution in [3.63, 3.8) is 0 Å².